The van der Waals surface area contributed by atoms with E-state index in [1.807, 2.05) is 22.7 Å². The van der Waals surface area contributed by atoms with Crippen LogP contribution in [0.25, 0.3) is 41.3 Å². The Morgan fingerprint density at radius 1 is 0.703 bits per heavy atom. The van der Waals surface area contributed by atoms with E-state index in [1.54, 1.807) is 0 Å². The van der Waals surface area contributed by atoms with Gasteiger partial charge in [0.25, 0.3) is 0 Å². The summed E-state index contributed by atoms with van der Waals surface area (Å²) < 4.78 is 11.1. The van der Waals surface area contributed by atoms with Gasteiger partial charge in [-0.05, 0) is 95.7 Å². The summed E-state index contributed by atoms with van der Waals surface area (Å²) in [4.78, 5) is 5.38. The first-order valence-electron chi connectivity index (χ1n) is 13.2. The van der Waals surface area contributed by atoms with Crippen LogP contribution in [0.3, 0.4) is 0 Å². The van der Waals surface area contributed by atoms with E-state index in [0.29, 0.717) is 11.3 Å². The van der Waals surface area contributed by atoms with Crippen LogP contribution in [0.1, 0.15) is 89.3 Å². The molecule has 1 fully saturated rings. The minimum atomic E-state index is 0.117. The number of aromatic nitrogens is 4. The molecule has 1 aliphatic carbocycles. The van der Waals surface area contributed by atoms with Gasteiger partial charge in [0.15, 0.2) is 0 Å². The van der Waals surface area contributed by atoms with Crippen LogP contribution in [0.15, 0.2) is 24.3 Å². The van der Waals surface area contributed by atoms with Gasteiger partial charge in [-0.1, -0.05) is 56.9 Å². The van der Waals surface area contributed by atoms with Crippen LogP contribution >= 0.6 is 45.7 Å². The van der Waals surface area contributed by atoms with Gasteiger partial charge in [-0.2, -0.15) is 0 Å². The van der Waals surface area contributed by atoms with Crippen molar-refractivity contribution in [3.63, 3.8) is 0 Å². The van der Waals surface area contributed by atoms with Crippen LogP contribution < -0.4 is 0 Å². The van der Waals surface area contributed by atoms with E-state index in [9.17, 15) is 0 Å². The lowest BCUT2D eigenvalue weighted by atomic mass is 9.76. The van der Waals surface area contributed by atoms with Gasteiger partial charge in [0.1, 0.15) is 11.0 Å². The smallest absolute Gasteiger partial charge is 0.116 e. The summed E-state index contributed by atoms with van der Waals surface area (Å²) in [5.41, 5.74) is 4.81. The van der Waals surface area contributed by atoms with Gasteiger partial charge in [-0.3, -0.25) is 0 Å². The number of rotatable bonds is 3. The lowest BCUT2D eigenvalue weighted by molar-refractivity contribution is 0.214. The number of hydrogen-bond acceptors (Lipinski definition) is 8. The summed E-state index contributed by atoms with van der Waals surface area (Å²) in [5, 5.41) is 9.32. The minimum absolute atomic E-state index is 0.117. The maximum atomic E-state index is 4.67. The predicted molar refractivity (Wildman–Crippen MR) is 162 cm³/mol. The fourth-order valence-electron chi connectivity index (χ4n) is 5.74. The van der Waals surface area contributed by atoms with Crippen molar-refractivity contribution < 1.29 is 0 Å². The molecule has 5 aromatic rings. The molecule has 0 saturated heterocycles. The number of benzene rings is 1. The second-order valence-corrected chi connectivity index (χ2v) is 16.2. The molecule has 37 heavy (non-hydrogen) atoms. The van der Waals surface area contributed by atoms with Crippen molar-refractivity contribution in [3.05, 3.63) is 34.0 Å². The molecule has 1 saturated carbocycles. The van der Waals surface area contributed by atoms with E-state index in [4.69, 9.17) is 0 Å². The van der Waals surface area contributed by atoms with Crippen LogP contribution in [0.2, 0.25) is 0 Å². The quantitative estimate of drug-likeness (QED) is 0.204. The highest BCUT2D eigenvalue weighted by Gasteiger charge is 2.30. The highest BCUT2D eigenvalue weighted by Crippen LogP contribution is 2.50. The van der Waals surface area contributed by atoms with Crippen LogP contribution in [0, 0.1) is 11.3 Å². The van der Waals surface area contributed by atoms with Gasteiger partial charge in [0, 0.05) is 30.6 Å². The Balaban J connectivity index is 1.41. The molecule has 4 heterocycles. The average molecular weight is 567 g/mol. The van der Waals surface area contributed by atoms with E-state index in [-0.39, 0.29) is 5.41 Å². The molecule has 4 nitrogen and oxygen atoms in total. The molecular weight excluding hydrogens is 533 g/mol. The van der Waals surface area contributed by atoms with Crippen molar-refractivity contribution in [2.45, 2.75) is 85.0 Å². The maximum Gasteiger partial charge on any atom is 0.116 e. The Morgan fingerprint density at radius 3 is 1.92 bits per heavy atom. The maximum absolute atomic E-state index is 4.67. The number of nitrogens with zero attached hydrogens (tertiary/aromatic N) is 4. The molecule has 0 radical (unpaired) electrons. The second-order valence-electron chi connectivity index (χ2n) is 12.5. The molecule has 2 unspecified atom stereocenters. The molecule has 0 aliphatic heterocycles. The Labute approximate surface area is 235 Å². The third-order valence-electron chi connectivity index (χ3n) is 7.96. The summed E-state index contributed by atoms with van der Waals surface area (Å²) in [5.74, 6) is 1.48. The molecular formula is C29H34N4S4. The monoisotopic (exact) mass is 566 g/mol. The van der Waals surface area contributed by atoms with Crippen molar-refractivity contribution in [3.8, 4) is 20.9 Å². The molecule has 0 spiro atoms. The van der Waals surface area contributed by atoms with Crippen molar-refractivity contribution in [1.29, 1.82) is 0 Å². The number of thiophene rings is 2. The van der Waals surface area contributed by atoms with Gasteiger partial charge in [-0.15, -0.1) is 32.9 Å². The Kier molecular flexibility index (Phi) is 6.54. The predicted octanol–water partition coefficient (Wildman–Crippen LogP) is 10.2. The highest BCUT2D eigenvalue weighted by molar-refractivity contribution is 7.20. The zero-order valence-corrected chi connectivity index (χ0v) is 25.7. The molecule has 0 amide bonds. The molecule has 194 valence electrons. The fourth-order valence-corrected chi connectivity index (χ4v) is 9.68. The van der Waals surface area contributed by atoms with Crippen molar-refractivity contribution in [2.24, 2.45) is 11.3 Å². The van der Waals surface area contributed by atoms with Gasteiger partial charge in [0.05, 0.1) is 9.40 Å². The molecule has 1 aliphatic rings. The van der Waals surface area contributed by atoms with Gasteiger partial charge in [0.2, 0.25) is 0 Å². The summed E-state index contributed by atoms with van der Waals surface area (Å²) in [6.07, 6.45) is 6.61. The van der Waals surface area contributed by atoms with Crippen molar-refractivity contribution in [1.82, 2.24) is 19.2 Å². The van der Waals surface area contributed by atoms with E-state index >= 15 is 0 Å². The van der Waals surface area contributed by atoms with Gasteiger partial charge in [-0.25, -0.2) is 0 Å². The number of fused-ring (bicyclic) bond motifs is 2. The average Bonchev–Trinajstić information content (AvgIpc) is 3.62. The van der Waals surface area contributed by atoms with Crippen molar-refractivity contribution >= 4 is 66.2 Å². The first-order valence-corrected chi connectivity index (χ1v) is 16.4. The summed E-state index contributed by atoms with van der Waals surface area (Å²) >= 11 is 6.76. The normalized spacial score (nSPS) is 19.6. The third-order valence-corrected chi connectivity index (χ3v) is 12.2. The van der Waals surface area contributed by atoms with Crippen LogP contribution in [0.5, 0.6) is 0 Å². The summed E-state index contributed by atoms with van der Waals surface area (Å²) in [6.45, 7) is 14.0. The van der Waals surface area contributed by atoms with Crippen LogP contribution in [-0.4, -0.2) is 19.2 Å². The van der Waals surface area contributed by atoms with Crippen LogP contribution in [-0.2, 0) is 5.41 Å². The third kappa shape index (κ3) is 4.68. The minimum Gasteiger partial charge on any atom is -0.140 e. The molecule has 6 rings (SSSR count). The zero-order chi connectivity index (χ0) is 25.9. The molecule has 1 aromatic carbocycles. The lowest BCUT2D eigenvalue weighted by Crippen LogP contribution is -2.19. The standard InChI is InChI=1S/C29H34N4S4/c1-28(2,3)17-9-7-8-16(10-11-17)18-12-13-19(34-18)22-24-27(37-32-30-24)23(25-26(22)36-33-31-25)20-14-15-21(35-20)29(4,5)6/h12-17H,7-11H2,1-6H3. The SMILES string of the molecule is CC(C)(C)c1ccc(-c2c3nnsc3c(-c3ccc(C4CCCC(C(C)(C)C)CC4)s3)c3nnsc23)s1. The van der Waals surface area contributed by atoms with Crippen LogP contribution in [0.4, 0.5) is 0 Å². The molecule has 4 aromatic heterocycles. The molecule has 0 bridgehead atoms. The van der Waals surface area contributed by atoms with Gasteiger partial charge < -0.3 is 0 Å². The largest absolute Gasteiger partial charge is 0.140 e. The first-order chi connectivity index (χ1) is 17.6. The Bertz CT molecular complexity index is 1500. The second kappa shape index (κ2) is 9.47. The van der Waals surface area contributed by atoms with Crippen molar-refractivity contribution in [2.75, 3.05) is 0 Å². The van der Waals surface area contributed by atoms with E-state index < -0.39 is 0 Å². The molecule has 8 heteroatoms. The van der Waals surface area contributed by atoms with E-state index in [0.717, 1.165) is 31.9 Å². The van der Waals surface area contributed by atoms with Gasteiger partial charge >= 0.3 is 0 Å². The molecule has 2 atom stereocenters. The molecule has 0 N–H and O–H groups in total. The Morgan fingerprint density at radius 2 is 1.32 bits per heavy atom. The fraction of sp³-hybridized carbons (Fsp3) is 0.517. The van der Waals surface area contributed by atoms with E-state index in [2.05, 4.69) is 85.0 Å². The highest BCUT2D eigenvalue weighted by atomic mass is 32.1. The summed E-state index contributed by atoms with van der Waals surface area (Å²) in [7, 11) is 0. The topological polar surface area (TPSA) is 51.6 Å². The lowest BCUT2D eigenvalue weighted by Gasteiger charge is -2.29. The van der Waals surface area contributed by atoms with E-state index in [1.165, 1.54) is 80.2 Å². The zero-order valence-electron chi connectivity index (χ0n) is 22.4. The first kappa shape index (κ1) is 25.5. The summed E-state index contributed by atoms with van der Waals surface area (Å²) in [6, 6.07) is 9.17. The number of hydrogen-bond donors (Lipinski definition) is 0. The Hall–Kier alpha value is -1.74.